The molecule has 1 fully saturated rings. The van der Waals surface area contributed by atoms with Crippen LogP contribution in [0.5, 0.6) is 5.75 Å². The normalized spacial score (nSPS) is 23.6. The van der Waals surface area contributed by atoms with E-state index in [1.54, 1.807) is 24.3 Å². The van der Waals surface area contributed by atoms with Gasteiger partial charge < -0.3 is 10.1 Å². The number of amides is 2. The number of benzene rings is 1. The number of halogens is 3. The second-order valence-electron chi connectivity index (χ2n) is 6.34. The number of hydrogen-bond acceptors (Lipinski definition) is 3. The number of nitrogens with one attached hydrogen (secondary N) is 1. The molecule has 0 radical (unpaired) electrons. The molecule has 1 aliphatic heterocycles. The molecule has 25 heavy (non-hydrogen) atoms. The summed E-state index contributed by atoms with van der Waals surface area (Å²) >= 11 is 0. The number of hydrogen-bond donors (Lipinski definition) is 1. The summed E-state index contributed by atoms with van der Waals surface area (Å²) < 4.78 is 44.7. The van der Waals surface area contributed by atoms with Gasteiger partial charge in [-0.15, -0.1) is 0 Å². The van der Waals surface area contributed by atoms with Crippen molar-refractivity contribution in [1.82, 2.24) is 5.32 Å². The van der Waals surface area contributed by atoms with Crippen molar-refractivity contribution in [2.75, 3.05) is 18.1 Å². The second-order valence-corrected chi connectivity index (χ2v) is 6.34. The average molecular weight is 356 g/mol. The average Bonchev–Trinajstić information content (AvgIpc) is 2.57. The molecule has 1 aromatic carbocycles. The number of rotatable bonds is 3. The van der Waals surface area contributed by atoms with Crippen molar-refractivity contribution in [1.29, 1.82) is 0 Å². The first-order valence-electron chi connectivity index (χ1n) is 8.24. The number of alkyl halides is 3. The van der Waals surface area contributed by atoms with Crippen molar-refractivity contribution in [2.45, 2.75) is 37.9 Å². The number of para-hydroxylation sites is 2. The van der Waals surface area contributed by atoms with Crippen LogP contribution in [0.15, 0.2) is 24.3 Å². The fourth-order valence-electron chi connectivity index (χ4n) is 3.42. The third-order valence-corrected chi connectivity index (χ3v) is 4.64. The molecule has 0 unspecified atom stereocenters. The Morgan fingerprint density at radius 2 is 1.96 bits per heavy atom. The molecular weight excluding hydrogens is 337 g/mol. The summed E-state index contributed by atoms with van der Waals surface area (Å²) in [6.07, 6.45) is -2.86. The summed E-state index contributed by atoms with van der Waals surface area (Å²) in [6.45, 7) is -0.515. The van der Waals surface area contributed by atoms with Crippen LogP contribution < -0.4 is 15.0 Å². The quantitative estimate of drug-likeness (QED) is 0.906. The molecule has 1 heterocycles. The van der Waals surface area contributed by atoms with Crippen LogP contribution in [0.1, 0.15) is 25.7 Å². The Hall–Kier alpha value is -2.25. The van der Waals surface area contributed by atoms with Crippen molar-refractivity contribution < 1.29 is 27.5 Å². The van der Waals surface area contributed by atoms with E-state index >= 15 is 0 Å². The monoisotopic (exact) mass is 356 g/mol. The molecule has 2 amide bonds. The first-order valence-corrected chi connectivity index (χ1v) is 8.24. The summed E-state index contributed by atoms with van der Waals surface area (Å²) in [5, 5.41) is 2.48. The Kier molecular flexibility index (Phi) is 4.87. The molecular formula is C17H19F3N2O3. The van der Waals surface area contributed by atoms with Gasteiger partial charge in [-0.25, -0.2) is 0 Å². The van der Waals surface area contributed by atoms with Crippen LogP contribution in [0.25, 0.3) is 0 Å². The van der Waals surface area contributed by atoms with Gasteiger partial charge in [-0.3, -0.25) is 14.5 Å². The Bertz CT molecular complexity index is 663. The van der Waals surface area contributed by atoms with Gasteiger partial charge in [0.25, 0.3) is 5.91 Å². The van der Waals surface area contributed by atoms with Crippen LogP contribution >= 0.6 is 0 Å². The lowest BCUT2D eigenvalue weighted by molar-refractivity contribution is -0.189. The fourth-order valence-corrected chi connectivity index (χ4v) is 3.42. The van der Waals surface area contributed by atoms with Crippen molar-refractivity contribution in [3.63, 3.8) is 0 Å². The molecule has 0 bridgehead atoms. The lowest BCUT2D eigenvalue weighted by atomic mass is 9.84. The Morgan fingerprint density at radius 1 is 1.24 bits per heavy atom. The lowest BCUT2D eigenvalue weighted by Gasteiger charge is -2.34. The maximum Gasteiger partial charge on any atom is 0.393 e. The minimum Gasteiger partial charge on any atom is -0.482 e. The van der Waals surface area contributed by atoms with Gasteiger partial charge in [0, 0.05) is 6.04 Å². The van der Waals surface area contributed by atoms with Gasteiger partial charge in [-0.1, -0.05) is 25.0 Å². The number of fused-ring (bicyclic) bond motifs is 1. The summed E-state index contributed by atoms with van der Waals surface area (Å²) in [7, 11) is 0. The van der Waals surface area contributed by atoms with E-state index in [2.05, 4.69) is 5.32 Å². The molecule has 5 nitrogen and oxygen atoms in total. The molecule has 3 rings (SSSR count). The van der Waals surface area contributed by atoms with Crippen molar-refractivity contribution >= 4 is 17.5 Å². The molecule has 0 aromatic heterocycles. The zero-order valence-corrected chi connectivity index (χ0v) is 13.5. The fraction of sp³-hybridized carbons (Fsp3) is 0.529. The molecule has 1 aliphatic carbocycles. The van der Waals surface area contributed by atoms with E-state index in [-0.39, 0.29) is 19.6 Å². The summed E-state index contributed by atoms with van der Waals surface area (Å²) in [5.41, 5.74) is 0.449. The van der Waals surface area contributed by atoms with Gasteiger partial charge in [0.05, 0.1) is 11.6 Å². The number of nitrogens with zero attached hydrogens (tertiary/aromatic N) is 1. The molecule has 2 aliphatic rings. The maximum atomic E-state index is 13.1. The van der Waals surface area contributed by atoms with E-state index in [1.165, 1.54) is 4.90 Å². The number of ether oxygens (including phenoxy) is 1. The van der Waals surface area contributed by atoms with Crippen molar-refractivity contribution in [3.05, 3.63) is 24.3 Å². The lowest BCUT2D eigenvalue weighted by Crippen LogP contribution is -2.51. The van der Waals surface area contributed by atoms with Crippen LogP contribution in [-0.2, 0) is 9.59 Å². The molecule has 136 valence electrons. The van der Waals surface area contributed by atoms with Gasteiger partial charge in [0.1, 0.15) is 12.3 Å². The largest absolute Gasteiger partial charge is 0.482 e. The van der Waals surface area contributed by atoms with Crippen LogP contribution in [0.2, 0.25) is 0 Å². The summed E-state index contributed by atoms with van der Waals surface area (Å²) in [5.74, 6) is -2.05. The van der Waals surface area contributed by atoms with E-state index in [9.17, 15) is 22.8 Å². The van der Waals surface area contributed by atoms with Gasteiger partial charge in [0.2, 0.25) is 5.91 Å². The second kappa shape index (κ2) is 6.93. The Balaban J connectivity index is 1.69. The standard InChI is InChI=1S/C17H19F3N2O3/c18-17(19,20)11-5-1-2-6-12(11)21-15(23)9-22-13-7-3-4-8-14(13)25-10-16(22)24/h3-4,7-8,11-12H,1-2,5-6,9-10H2,(H,21,23)/t11-,12-/m0/s1. The number of carbonyl (C=O) groups is 2. The molecule has 2 atom stereocenters. The molecule has 0 spiro atoms. The predicted molar refractivity (Wildman–Crippen MR) is 84.2 cm³/mol. The highest BCUT2D eigenvalue weighted by Gasteiger charge is 2.46. The zero-order chi connectivity index (χ0) is 18.0. The van der Waals surface area contributed by atoms with Crippen LogP contribution in [-0.4, -0.2) is 37.2 Å². The van der Waals surface area contributed by atoms with Gasteiger partial charge in [-0.2, -0.15) is 13.2 Å². The van der Waals surface area contributed by atoms with E-state index < -0.39 is 30.0 Å². The predicted octanol–water partition coefficient (Wildman–Crippen LogP) is 2.65. The van der Waals surface area contributed by atoms with Gasteiger partial charge in [0.15, 0.2) is 6.61 Å². The topological polar surface area (TPSA) is 58.6 Å². The third-order valence-electron chi connectivity index (χ3n) is 4.64. The third kappa shape index (κ3) is 3.88. The number of carbonyl (C=O) groups excluding carboxylic acids is 2. The van der Waals surface area contributed by atoms with Crippen molar-refractivity contribution in [3.8, 4) is 5.75 Å². The van der Waals surface area contributed by atoms with Crippen LogP contribution in [0, 0.1) is 5.92 Å². The minimum absolute atomic E-state index is 0.0216. The molecule has 1 N–H and O–H groups in total. The molecule has 1 saturated carbocycles. The van der Waals surface area contributed by atoms with E-state index in [1.807, 2.05) is 0 Å². The number of anilines is 1. The molecule has 1 aromatic rings. The summed E-state index contributed by atoms with van der Waals surface area (Å²) in [6, 6.07) is 5.81. The van der Waals surface area contributed by atoms with Crippen molar-refractivity contribution in [2.24, 2.45) is 5.92 Å². The van der Waals surface area contributed by atoms with E-state index in [4.69, 9.17) is 4.74 Å². The highest BCUT2D eigenvalue weighted by atomic mass is 19.4. The highest BCUT2D eigenvalue weighted by Crippen LogP contribution is 2.38. The van der Waals surface area contributed by atoms with E-state index in [0.29, 0.717) is 30.7 Å². The first kappa shape index (κ1) is 17.6. The molecule has 0 saturated heterocycles. The zero-order valence-electron chi connectivity index (χ0n) is 13.5. The van der Waals surface area contributed by atoms with Crippen LogP contribution in [0.3, 0.4) is 0 Å². The summed E-state index contributed by atoms with van der Waals surface area (Å²) in [4.78, 5) is 25.6. The minimum atomic E-state index is -4.33. The smallest absolute Gasteiger partial charge is 0.393 e. The van der Waals surface area contributed by atoms with Crippen LogP contribution in [0.4, 0.5) is 18.9 Å². The van der Waals surface area contributed by atoms with Gasteiger partial charge >= 0.3 is 6.18 Å². The van der Waals surface area contributed by atoms with Gasteiger partial charge in [-0.05, 0) is 25.0 Å². The SMILES string of the molecule is O=C(CN1C(=O)COc2ccccc21)N[C@H]1CCCC[C@@H]1C(F)(F)F. The maximum absolute atomic E-state index is 13.1. The highest BCUT2D eigenvalue weighted by molar-refractivity contribution is 6.02. The Morgan fingerprint density at radius 3 is 2.72 bits per heavy atom. The first-order chi connectivity index (χ1) is 11.9. The molecule has 8 heteroatoms. The Labute approximate surface area is 143 Å². The van der Waals surface area contributed by atoms with E-state index in [0.717, 1.165) is 0 Å².